The van der Waals surface area contributed by atoms with Crippen molar-refractivity contribution < 1.29 is 0 Å². The Morgan fingerprint density at radius 2 is 1.96 bits per heavy atom. The largest absolute Gasteiger partial charge is 0.366 e. The molecule has 0 bridgehead atoms. The van der Waals surface area contributed by atoms with E-state index in [1.165, 1.54) is 11.6 Å². The van der Waals surface area contributed by atoms with E-state index in [0.717, 1.165) is 29.1 Å². The lowest BCUT2D eigenvalue weighted by Crippen LogP contribution is -2.42. The summed E-state index contributed by atoms with van der Waals surface area (Å²) in [4.78, 5) is 24.4. The van der Waals surface area contributed by atoms with Crippen molar-refractivity contribution >= 4 is 5.82 Å². The van der Waals surface area contributed by atoms with Crippen LogP contribution in [0.4, 0.5) is 5.82 Å². The van der Waals surface area contributed by atoms with Crippen molar-refractivity contribution in [3.63, 3.8) is 0 Å². The second-order valence-electron chi connectivity index (χ2n) is 6.66. The molecule has 0 aliphatic carbocycles. The zero-order chi connectivity index (χ0) is 18.3. The third-order valence-electron chi connectivity index (χ3n) is 4.61. The summed E-state index contributed by atoms with van der Waals surface area (Å²) < 4.78 is 4.33. The molecule has 0 radical (unpaired) electrons. The van der Waals surface area contributed by atoms with E-state index >= 15 is 0 Å². The number of hydrogen-bond donors (Lipinski definition) is 1. The van der Waals surface area contributed by atoms with Gasteiger partial charge in [0, 0.05) is 39.0 Å². The van der Waals surface area contributed by atoms with Crippen LogP contribution < -0.4 is 16.6 Å². The molecule has 3 rings (SSSR count). The fourth-order valence-corrected chi connectivity index (χ4v) is 3.20. The third-order valence-corrected chi connectivity index (χ3v) is 4.61. The van der Waals surface area contributed by atoms with Gasteiger partial charge in [0.05, 0.1) is 0 Å². The molecule has 0 unspecified atom stereocenters. The van der Waals surface area contributed by atoms with Gasteiger partial charge in [-0.05, 0) is 6.42 Å². The van der Waals surface area contributed by atoms with Crippen molar-refractivity contribution in [1.29, 1.82) is 5.26 Å². The monoisotopic (exact) mass is 343 g/mol. The molecule has 0 saturated carbocycles. The van der Waals surface area contributed by atoms with Gasteiger partial charge in [-0.15, -0.1) is 10.2 Å². The molecule has 0 aromatic carbocycles. The summed E-state index contributed by atoms with van der Waals surface area (Å²) in [6, 6.07) is 1.90. The molecule has 25 heavy (non-hydrogen) atoms. The zero-order valence-corrected chi connectivity index (χ0v) is 14.8. The van der Waals surface area contributed by atoms with Gasteiger partial charge in [0.25, 0.3) is 5.56 Å². The molecular weight excluding hydrogens is 322 g/mol. The Morgan fingerprint density at radius 3 is 2.60 bits per heavy atom. The Morgan fingerprint density at radius 1 is 1.24 bits per heavy atom. The predicted octanol–water partition coefficient (Wildman–Crippen LogP) is 0.0975. The number of nitrogens with one attached hydrogen (secondary N) is 1. The maximum absolute atomic E-state index is 12.2. The van der Waals surface area contributed by atoms with Crippen molar-refractivity contribution in [3.8, 4) is 6.07 Å². The lowest BCUT2D eigenvalue weighted by Gasteiger charge is -2.27. The van der Waals surface area contributed by atoms with Crippen LogP contribution >= 0.6 is 0 Å². The quantitative estimate of drug-likeness (QED) is 0.846. The van der Waals surface area contributed by atoms with Crippen LogP contribution in [-0.2, 0) is 27.1 Å². The molecule has 1 aliphatic heterocycles. The fourth-order valence-electron chi connectivity index (χ4n) is 3.20. The van der Waals surface area contributed by atoms with Crippen molar-refractivity contribution in [2.24, 2.45) is 14.1 Å². The Bertz CT molecular complexity index is 974. The van der Waals surface area contributed by atoms with E-state index in [-0.39, 0.29) is 23.3 Å². The molecular formula is C16H21N7O2. The zero-order valence-electron chi connectivity index (χ0n) is 14.8. The minimum absolute atomic E-state index is 0.0224. The highest BCUT2D eigenvalue weighted by Crippen LogP contribution is 2.22. The Hall–Kier alpha value is -2.89. The van der Waals surface area contributed by atoms with Gasteiger partial charge in [0.2, 0.25) is 0 Å². The van der Waals surface area contributed by atoms with E-state index in [9.17, 15) is 14.9 Å². The highest BCUT2D eigenvalue weighted by atomic mass is 16.2. The first-order valence-electron chi connectivity index (χ1n) is 8.23. The Balaban J connectivity index is 1.97. The van der Waals surface area contributed by atoms with Crippen LogP contribution in [0.15, 0.2) is 9.59 Å². The second kappa shape index (κ2) is 6.20. The van der Waals surface area contributed by atoms with Crippen molar-refractivity contribution in [2.75, 3.05) is 5.32 Å². The van der Waals surface area contributed by atoms with Gasteiger partial charge in [-0.25, -0.2) is 4.79 Å². The number of hydrogen-bond acceptors (Lipinski definition) is 6. The van der Waals surface area contributed by atoms with Crippen LogP contribution in [-0.4, -0.2) is 29.9 Å². The maximum Gasteiger partial charge on any atom is 0.332 e. The summed E-state index contributed by atoms with van der Waals surface area (Å²) in [5, 5.41) is 21.1. The minimum atomic E-state index is -0.586. The van der Waals surface area contributed by atoms with Gasteiger partial charge in [0.1, 0.15) is 23.5 Å². The molecule has 1 N–H and O–H groups in total. The van der Waals surface area contributed by atoms with E-state index in [1.807, 2.05) is 6.07 Å². The molecule has 1 aliphatic rings. The first-order chi connectivity index (χ1) is 11.8. The summed E-state index contributed by atoms with van der Waals surface area (Å²) in [7, 11) is 2.92. The summed E-state index contributed by atoms with van der Waals surface area (Å²) >= 11 is 0. The first kappa shape index (κ1) is 17.0. The van der Waals surface area contributed by atoms with E-state index in [1.54, 1.807) is 7.05 Å². The summed E-state index contributed by atoms with van der Waals surface area (Å²) in [5.41, 5.74) is -1.10. The molecule has 0 amide bonds. The normalized spacial score (nSPS) is 16.6. The van der Waals surface area contributed by atoms with E-state index in [4.69, 9.17) is 0 Å². The van der Waals surface area contributed by atoms with Gasteiger partial charge >= 0.3 is 5.69 Å². The van der Waals surface area contributed by atoms with Crippen molar-refractivity contribution in [2.45, 2.75) is 45.2 Å². The number of nitriles is 1. The molecule has 0 saturated heterocycles. The summed E-state index contributed by atoms with van der Waals surface area (Å²) in [6.07, 6.45) is 1.53. The van der Waals surface area contributed by atoms with Gasteiger partial charge in [-0.3, -0.25) is 13.9 Å². The van der Waals surface area contributed by atoms with Gasteiger partial charge in [-0.2, -0.15) is 5.26 Å². The van der Waals surface area contributed by atoms with Gasteiger partial charge in [-0.1, -0.05) is 13.8 Å². The molecule has 1 atom stereocenters. The fraction of sp³-hybridized carbons (Fsp3) is 0.562. The maximum atomic E-state index is 12.2. The number of aromatic nitrogens is 5. The number of nitrogens with zero attached hydrogens (tertiary/aromatic N) is 6. The summed E-state index contributed by atoms with van der Waals surface area (Å²) in [5.74, 6) is 2.38. The lowest BCUT2D eigenvalue weighted by atomic mass is 10.1. The van der Waals surface area contributed by atoms with E-state index in [2.05, 4.69) is 33.9 Å². The molecule has 3 heterocycles. The van der Waals surface area contributed by atoms with Crippen molar-refractivity contribution in [3.05, 3.63) is 38.1 Å². The molecule has 2 aromatic heterocycles. The Kier molecular flexibility index (Phi) is 4.20. The predicted molar refractivity (Wildman–Crippen MR) is 91.5 cm³/mol. The van der Waals surface area contributed by atoms with E-state index in [0.29, 0.717) is 6.54 Å². The van der Waals surface area contributed by atoms with Crippen molar-refractivity contribution in [1.82, 2.24) is 23.9 Å². The highest BCUT2D eigenvalue weighted by Gasteiger charge is 2.26. The standard InChI is InChI=1S/C16H21N7O2/c1-9(2)13-20-19-12-6-5-10(8-23(12)13)18-14-11(7-17)15(24)22(4)16(25)21(14)3/h9-10,18H,5-6,8H2,1-4H3/t10-/m0/s1. The molecule has 0 spiro atoms. The number of fused-ring (bicyclic) bond motifs is 1. The number of anilines is 1. The SMILES string of the molecule is CC(C)c1nnc2n1C[C@@H](Nc1c(C#N)c(=O)n(C)c(=O)n1C)CC2. The van der Waals surface area contributed by atoms with E-state index < -0.39 is 11.2 Å². The first-order valence-corrected chi connectivity index (χ1v) is 8.23. The van der Waals surface area contributed by atoms with Crippen LogP contribution in [0.1, 0.15) is 43.4 Å². The van der Waals surface area contributed by atoms with Crippen LogP contribution in [0.3, 0.4) is 0 Å². The van der Waals surface area contributed by atoms with Gasteiger partial charge < -0.3 is 9.88 Å². The number of aryl methyl sites for hydroxylation is 1. The average molecular weight is 343 g/mol. The number of rotatable bonds is 3. The average Bonchev–Trinajstić information content (AvgIpc) is 3.01. The van der Waals surface area contributed by atoms with Crippen LogP contribution in [0, 0.1) is 11.3 Å². The third kappa shape index (κ3) is 2.73. The summed E-state index contributed by atoms with van der Waals surface area (Å²) in [6.45, 7) is 4.75. The van der Waals surface area contributed by atoms with Gasteiger partial charge in [0.15, 0.2) is 5.56 Å². The van der Waals surface area contributed by atoms with Crippen LogP contribution in [0.5, 0.6) is 0 Å². The van der Waals surface area contributed by atoms with Crippen LogP contribution in [0.2, 0.25) is 0 Å². The second-order valence-corrected chi connectivity index (χ2v) is 6.66. The molecule has 9 nitrogen and oxygen atoms in total. The molecule has 2 aromatic rings. The molecule has 0 fully saturated rings. The molecule has 132 valence electrons. The Labute approximate surface area is 144 Å². The van der Waals surface area contributed by atoms with Crippen LogP contribution in [0.25, 0.3) is 0 Å². The highest BCUT2D eigenvalue weighted by molar-refractivity contribution is 5.51. The minimum Gasteiger partial charge on any atom is -0.366 e. The topological polar surface area (TPSA) is 111 Å². The lowest BCUT2D eigenvalue weighted by molar-refractivity contribution is 0.456. The smallest absolute Gasteiger partial charge is 0.332 e. The molecule has 9 heteroatoms.